The molecule has 2 rings (SSSR count). The summed E-state index contributed by atoms with van der Waals surface area (Å²) in [6.07, 6.45) is -0.137. The zero-order chi connectivity index (χ0) is 30.5. The first-order valence-corrected chi connectivity index (χ1v) is 13.2. The first-order chi connectivity index (χ1) is 19.4. The number of rotatable bonds is 15. The molecule has 2 aromatic rings. The molecule has 0 heterocycles. The number of aliphatic carboxylic acids is 2. The number of amides is 4. The molecule has 0 radical (unpaired) electrons. The summed E-state index contributed by atoms with van der Waals surface area (Å²) in [5.41, 5.74) is 0.732. The third-order valence-electron chi connectivity index (χ3n) is 6.48. The van der Waals surface area contributed by atoms with E-state index in [0.29, 0.717) is 17.5 Å². The van der Waals surface area contributed by atoms with E-state index in [0.717, 1.165) is 0 Å². The lowest BCUT2D eigenvalue weighted by molar-refractivity contribution is -0.144. The van der Waals surface area contributed by atoms with Gasteiger partial charge in [-0.3, -0.25) is 24.0 Å². The van der Waals surface area contributed by atoms with Crippen molar-refractivity contribution in [3.8, 4) is 0 Å². The van der Waals surface area contributed by atoms with E-state index < -0.39 is 72.1 Å². The van der Waals surface area contributed by atoms with Crippen LogP contribution in [0.2, 0.25) is 0 Å². The Morgan fingerprint density at radius 3 is 1.59 bits per heavy atom. The van der Waals surface area contributed by atoms with Crippen LogP contribution in [0.4, 0.5) is 0 Å². The van der Waals surface area contributed by atoms with Crippen LogP contribution in [0.15, 0.2) is 60.7 Å². The van der Waals surface area contributed by atoms with E-state index in [1.807, 2.05) is 0 Å². The Morgan fingerprint density at radius 1 is 0.707 bits per heavy atom. The number of carboxylic acids is 2. The molecule has 0 saturated carbocycles. The molecular weight excluding hydrogens is 532 g/mol. The molecule has 6 N–H and O–H groups in total. The predicted molar refractivity (Wildman–Crippen MR) is 148 cm³/mol. The van der Waals surface area contributed by atoms with E-state index in [4.69, 9.17) is 5.11 Å². The molecule has 0 bridgehead atoms. The maximum absolute atomic E-state index is 13.7. The maximum atomic E-state index is 13.7. The van der Waals surface area contributed by atoms with Crippen molar-refractivity contribution in [2.45, 2.75) is 64.2 Å². The Morgan fingerprint density at radius 2 is 1.17 bits per heavy atom. The highest BCUT2D eigenvalue weighted by atomic mass is 16.4. The Labute approximate surface area is 237 Å². The minimum atomic E-state index is -1.34. The molecule has 12 heteroatoms. The van der Waals surface area contributed by atoms with Crippen LogP contribution in [0.25, 0.3) is 0 Å². The fourth-order valence-corrected chi connectivity index (χ4v) is 4.06. The summed E-state index contributed by atoms with van der Waals surface area (Å²) in [6.45, 7) is 4.66. The van der Waals surface area contributed by atoms with E-state index >= 15 is 0 Å². The van der Waals surface area contributed by atoms with Gasteiger partial charge >= 0.3 is 11.9 Å². The van der Waals surface area contributed by atoms with Crippen LogP contribution >= 0.6 is 0 Å². The number of hydrogen-bond donors (Lipinski definition) is 6. The monoisotopic (exact) mass is 568 g/mol. The van der Waals surface area contributed by atoms with E-state index in [1.54, 1.807) is 74.5 Å². The van der Waals surface area contributed by atoms with Crippen molar-refractivity contribution in [3.63, 3.8) is 0 Å². The first kappa shape index (κ1) is 32.5. The molecular formula is C29H36N4O8. The highest BCUT2D eigenvalue weighted by Gasteiger charge is 2.33. The van der Waals surface area contributed by atoms with Gasteiger partial charge in [0.1, 0.15) is 24.2 Å². The summed E-state index contributed by atoms with van der Waals surface area (Å²) in [7, 11) is 0. The minimum Gasteiger partial charge on any atom is -0.481 e. The van der Waals surface area contributed by atoms with Crippen molar-refractivity contribution in [2.24, 2.45) is 5.92 Å². The van der Waals surface area contributed by atoms with Crippen LogP contribution in [0, 0.1) is 5.92 Å². The van der Waals surface area contributed by atoms with Gasteiger partial charge in [-0.15, -0.1) is 0 Å². The molecule has 12 nitrogen and oxygen atoms in total. The second kappa shape index (κ2) is 15.8. The van der Waals surface area contributed by atoms with E-state index in [2.05, 4.69) is 21.3 Å². The van der Waals surface area contributed by atoms with E-state index in [-0.39, 0.29) is 6.42 Å². The average Bonchev–Trinajstić information content (AvgIpc) is 2.95. The van der Waals surface area contributed by atoms with Gasteiger partial charge in [-0.2, -0.15) is 0 Å². The summed E-state index contributed by atoms with van der Waals surface area (Å²) in [4.78, 5) is 74.8. The maximum Gasteiger partial charge on any atom is 0.326 e. The number of carboxylic acid groups (broad SMARTS) is 2. The third-order valence-corrected chi connectivity index (χ3v) is 6.48. The standard InChI is InChI=1S/C29H36N4O8/c1-4-17(2)23(29(40)41)31-27(38)25(20-13-9-6-10-14-20)33-28(39)24(19-11-7-5-8-12-19)32-26(37)21(30-18(3)34)15-16-22(35)36/h5-14,17,21,23-25H,4,15-16H2,1-3H3,(H,30,34)(H,31,38)(H,32,37)(H,33,39)(H,35,36)(H,40,41)/t17-,21-,23-,24?,25?/m0/s1. The topological polar surface area (TPSA) is 191 Å². The third kappa shape index (κ3) is 10.1. The van der Waals surface area contributed by atoms with Crippen LogP contribution < -0.4 is 21.3 Å². The lowest BCUT2D eigenvalue weighted by Crippen LogP contribution is -2.53. The van der Waals surface area contributed by atoms with E-state index in [1.165, 1.54) is 6.92 Å². The number of carbonyl (C=O) groups is 6. The zero-order valence-corrected chi connectivity index (χ0v) is 23.1. The molecule has 4 amide bonds. The van der Waals surface area contributed by atoms with Crippen LogP contribution in [0.1, 0.15) is 63.2 Å². The Bertz CT molecular complexity index is 1220. The van der Waals surface area contributed by atoms with Gasteiger partial charge in [0.15, 0.2) is 0 Å². The van der Waals surface area contributed by atoms with Gasteiger partial charge in [0.2, 0.25) is 23.6 Å². The number of hydrogen-bond acceptors (Lipinski definition) is 6. The fourth-order valence-electron chi connectivity index (χ4n) is 4.06. The van der Waals surface area contributed by atoms with Crippen molar-refractivity contribution in [1.29, 1.82) is 0 Å². The highest BCUT2D eigenvalue weighted by molar-refractivity contribution is 5.96. The normalized spacial score (nSPS) is 14.3. The van der Waals surface area contributed by atoms with Crippen LogP contribution in [0.5, 0.6) is 0 Å². The highest BCUT2D eigenvalue weighted by Crippen LogP contribution is 2.19. The van der Waals surface area contributed by atoms with Crippen molar-refractivity contribution in [3.05, 3.63) is 71.8 Å². The van der Waals surface area contributed by atoms with Crippen LogP contribution in [0.3, 0.4) is 0 Å². The average molecular weight is 569 g/mol. The van der Waals surface area contributed by atoms with Gasteiger partial charge in [0.25, 0.3) is 0 Å². The minimum absolute atomic E-state index is 0.217. The van der Waals surface area contributed by atoms with Gasteiger partial charge < -0.3 is 31.5 Å². The number of nitrogens with one attached hydrogen (secondary N) is 4. The zero-order valence-electron chi connectivity index (χ0n) is 23.1. The van der Waals surface area contributed by atoms with Gasteiger partial charge in [0.05, 0.1) is 0 Å². The Kier molecular flexibility index (Phi) is 12.5. The quantitative estimate of drug-likeness (QED) is 0.187. The summed E-state index contributed by atoms with van der Waals surface area (Å²) in [6, 6.07) is 11.3. The number of benzene rings is 2. The lowest BCUT2D eigenvalue weighted by Gasteiger charge is -2.27. The predicted octanol–water partition coefficient (Wildman–Crippen LogP) is 1.69. The second-order valence-corrected chi connectivity index (χ2v) is 9.60. The van der Waals surface area contributed by atoms with Gasteiger partial charge in [-0.1, -0.05) is 80.9 Å². The molecule has 220 valence electrons. The molecule has 0 saturated heterocycles. The molecule has 0 aliphatic carbocycles. The van der Waals surface area contributed by atoms with Crippen molar-refractivity contribution < 1.29 is 39.0 Å². The largest absolute Gasteiger partial charge is 0.481 e. The molecule has 0 spiro atoms. The SMILES string of the molecule is CC[C@H](C)[C@H](NC(=O)C(NC(=O)C(NC(=O)[C@H](CCC(=O)O)NC(C)=O)c1ccccc1)c1ccccc1)C(=O)O. The lowest BCUT2D eigenvalue weighted by atomic mass is 9.97. The smallest absolute Gasteiger partial charge is 0.326 e. The van der Waals surface area contributed by atoms with Gasteiger partial charge in [0, 0.05) is 13.3 Å². The van der Waals surface area contributed by atoms with Gasteiger partial charge in [-0.25, -0.2) is 4.79 Å². The van der Waals surface area contributed by atoms with Crippen molar-refractivity contribution in [1.82, 2.24) is 21.3 Å². The summed E-state index contributed by atoms with van der Waals surface area (Å²) >= 11 is 0. The molecule has 0 aromatic heterocycles. The number of carbonyl (C=O) groups excluding carboxylic acids is 4. The Balaban J connectivity index is 2.40. The summed E-state index contributed by atoms with van der Waals surface area (Å²) in [5, 5.41) is 28.8. The van der Waals surface area contributed by atoms with Crippen LogP contribution in [-0.2, 0) is 28.8 Å². The van der Waals surface area contributed by atoms with Crippen molar-refractivity contribution >= 4 is 35.6 Å². The summed E-state index contributed by atoms with van der Waals surface area (Å²) in [5.74, 6) is -5.68. The van der Waals surface area contributed by atoms with Gasteiger partial charge in [-0.05, 0) is 23.5 Å². The molecule has 2 unspecified atom stereocenters. The summed E-state index contributed by atoms with van der Waals surface area (Å²) < 4.78 is 0. The Hall–Kier alpha value is -4.74. The second-order valence-electron chi connectivity index (χ2n) is 9.60. The van der Waals surface area contributed by atoms with Crippen molar-refractivity contribution in [2.75, 3.05) is 0 Å². The molecule has 41 heavy (non-hydrogen) atoms. The fraction of sp³-hybridized carbons (Fsp3) is 0.379. The molecule has 0 aliphatic rings. The van der Waals surface area contributed by atoms with Crippen LogP contribution in [-0.4, -0.2) is 57.9 Å². The first-order valence-electron chi connectivity index (χ1n) is 13.2. The molecule has 5 atom stereocenters. The molecule has 2 aromatic carbocycles. The van der Waals surface area contributed by atoms with E-state index in [9.17, 15) is 33.9 Å². The molecule has 0 fully saturated rings. The molecule has 0 aliphatic heterocycles.